The molecule has 2 aromatic rings. The van der Waals surface area contributed by atoms with Gasteiger partial charge in [-0.05, 0) is 43.9 Å². The molecule has 1 aliphatic carbocycles. The third kappa shape index (κ3) is 2.49. The summed E-state index contributed by atoms with van der Waals surface area (Å²) in [5.41, 5.74) is 0.979. The van der Waals surface area contributed by atoms with Crippen LogP contribution in [0.4, 0.5) is 10.2 Å². The van der Waals surface area contributed by atoms with Crippen LogP contribution in [-0.2, 0) is 14.3 Å². The number of hydrogen-bond acceptors (Lipinski definition) is 5. The lowest BCUT2D eigenvalue weighted by molar-refractivity contribution is -0.131. The van der Waals surface area contributed by atoms with Crippen LogP contribution in [0.2, 0.25) is 0 Å². The fraction of sp³-hybridized carbons (Fsp3) is 0.381. The zero-order valence-corrected chi connectivity index (χ0v) is 15.4. The van der Waals surface area contributed by atoms with Crippen molar-refractivity contribution in [1.29, 1.82) is 0 Å². The minimum atomic E-state index is -0.706. The minimum absolute atomic E-state index is 0.0451. The van der Waals surface area contributed by atoms with E-state index in [9.17, 15) is 14.0 Å². The minimum Gasteiger partial charge on any atom is -0.483 e. The zero-order chi connectivity index (χ0) is 19.4. The Morgan fingerprint density at radius 3 is 2.61 bits per heavy atom. The molecule has 7 heteroatoms. The SMILES string of the molecule is Cc1cc(N2C(=O)C3=C(C(=O)C4CCCCC4O3)C2c2ccc(F)cc2)no1. The van der Waals surface area contributed by atoms with E-state index in [1.807, 2.05) is 0 Å². The molecule has 1 saturated carbocycles. The van der Waals surface area contributed by atoms with Gasteiger partial charge in [-0.25, -0.2) is 4.39 Å². The van der Waals surface area contributed by atoms with Crippen molar-refractivity contribution in [3.63, 3.8) is 0 Å². The Labute approximate surface area is 160 Å². The van der Waals surface area contributed by atoms with Crippen LogP contribution >= 0.6 is 0 Å². The van der Waals surface area contributed by atoms with E-state index in [0.717, 1.165) is 25.7 Å². The van der Waals surface area contributed by atoms with Gasteiger partial charge in [0.2, 0.25) is 0 Å². The number of benzene rings is 1. The van der Waals surface area contributed by atoms with Gasteiger partial charge < -0.3 is 9.26 Å². The number of rotatable bonds is 2. The summed E-state index contributed by atoms with van der Waals surface area (Å²) in [4.78, 5) is 28.1. The number of aryl methyl sites for hydroxylation is 1. The van der Waals surface area contributed by atoms with Crippen molar-refractivity contribution >= 4 is 17.5 Å². The molecule has 6 nitrogen and oxygen atoms in total. The number of Topliss-reactive ketones (excluding diaryl/α,β-unsaturated/α-hetero) is 1. The van der Waals surface area contributed by atoms with Crippen LogP contribution in [0.5, 0.6) is 0 Å². The fourth-order valence-electron chi connectivity index (χ4n) is 4.51. The summed E-state index contributed by atoms with van der Waals surface area (Å²) in [6.45, 7) is 1.73. The lowest BCUT2D eigenvalue weighted by Gasteiger charge is -2.35. The maximum absolute atomic E-state index is 13.5. The lowest BCUT2D eigenvalue weighted by Crippen LogP contribution is -2.39. The number of ether oxygens (including phenoxy) is 1. The Morgan fingerprint density at radius 2 is 1.89 bits per heavy atom. The Morgan fingerprint density at radius 1 is 1.14 bits per heavy atom. The highest BCUT2D eigenvalue weighted by molar-refractivity contribution is 6.17. The Balaban J connectivity index is 1.65. The van der Waals surface area contributed by atoms with Crippen LogP contribution in [0.15, 0.2) is 46.2 Å². The molecule has 0 bridgehead atoms. The van der Waals surface area contributed by atoms with Gasteiger partial charge >= 0.3 is 0 Å². The molecule has 3 aliphatic rings. The maximum atomic E-state index is 13.5. The molecular weight excluding hydrogens is 363 g/mol. The van der Waals surface area contributed by atoms with Gasteiger partial charge in [0.1, 0.15) is 17.7 Å². The Bertz CT molecular complexity index is 994. The van der Waals surface area contributed by atoms with E-state index in [4.69, 9.17) is 9.26 Å². The van der Waals surface area contributed by atoms with Gasteiger partial charge in [-0.3, -0.25) is 14.5 Å². The van der Waals surface area contributed by atoms with Crippen LogP contribution in [0.3, 0.4) is 0 Å². The molecule has 2 aliphatic heterocycles. The van der Waals surface area contributed by atoms with Crippen molar-refractivity contribution in [3.05, 3.63) is 58.8 Å². The van der Waals surface area contributed by atoms with E-state index in [1.54, 1.807) is 25.1 Å². The molecule has 1 aromatic carbocycles. The molecule has 5 rings (SSSR count). The second-order valence-electron chi connectivity index (χ2n) is 7.58. The van der Waals surface area contributed by atoms with Gasteiger partial charge in [0.15, 0.2) is 17.4 Å². The van der Waals surface area contributed by atoms with Crippen LogP contribution in [0.25, 0.3) is 0 Å². The molecule has 1 aromatic heterocycles. The molecule has 0 saturated heterocycles. The number of fused-ring (bicyclic) bond motifs is 1. The van der Waals surface area contributed by atoms with E-state index in [-0.39, 0.29) is 29.4 Å². The molecule has 1 amide bonds. The van der Waals surface area contributed by atoms with E-state index in [0.29, 0.717) is 22.7 Å². The van der Waals surface area contributed by atoms with E-state index in [2.05, 4.69) is 5.16 Å². The number of anilines is 1. The number of nitrogens with zero attached hydrogens (tertiary/aromatic N) is 2. The molecular formula is C21H19FN2O4. The second kappa shape index (κ2) is 6.29. The highest BCUT2D eigenvalue weighted by atomic mass is 19.1. The van der Waals surface area contributed by atoms with Gasteiger partial charge in [-0.2, -0.15) is 0 Å². The van der Waals surface area contributed by atoms with Crippen molar-refractivity contribution in [2.75, 3.05) is 4.90 Å². The van der Waals surface area contributed by atoms with Crippen LogP contribution in [-0.4, -0.2) is 23.0 Å². The number of aromatic nitrogens is 1. The topological polar surface area (TPSA) is 72.6 Å². The zero-order valence-electron chi connectivity index (χ0n) is 15.4. The molecule has 0 radical (unpaired) electrons. The summed E-state index contributed by atoms with van der Waals surface area (Å²) in [5.74, 6) is -0.113. The van der Waals surface area contributed by atoms with Crippen molar-refractivity contribution in [3.8, 4) is 0 Å². The number of carbonyl (C=O) groups excluding carboxylic acids is 2. The molecule has 0 spiro atoms. The normalized spacial score (nSPS) is 26.9. The highest BCUT2D eigenvalue weighted by Gasteiger charge is 2.53. The summed E-state index contributed by atoms with van der Waals surface area (Å²) in [7, 11) is 0. The maximum Gasteiger partial charge on any atom is 0.295 e. The molecule has 144 valence electrons. The van der Waals surface area contributed by atoms with Gasteiger partial charge in [0, 0.05) is 6.07 Å². The molecule has 3 atom stereocenters. The van der Waals surface area contributed by atoms with E-state index >= 15 is 0 Å². The average Bonchev–Trinajstić information content (AvgIpc) is 3.24. The van der Waals surface area contributed by atoms with Crippen molar-refractivity contribution in [1.82, 2.24) is 5.16 Å². The summed E-state index contributed by atoms with van der Waals surface area (Å²) < 4.78 is 24.7. The highest BCUT2D eigenvalue weighted by Crippen LogP contribution is 2.48. The lowest BCUT2D eigenvalue weighted by atomic mass is 9.77. The summed E-state index contributed by atoms with van der Waals surface area (Å²) in [6, 6.07) is 6.75. The van der Waals surface area contributed by atoms with Crippen LogP contribution in [0, 0.1) is 18.7 Å². The van der Waals surface area contributed by atoms with Crippen LogP contribution in [0.1, 0.15) is 43.0 Å². The van der Waals surface area contributed by atoms with Gasteiger partial charge in [-0.1, -0.05) is 23.7 Å². The fourth-order valence-corrected chi connectivity index (χ4v) is 4.51. The predicted octanol–water partition coefficient (Wildman–Crippen LogP) is 3.62. The first-order valence-corrected chi connectivity index (χ1v) is 9.52. The van der Waals surface area contributed by atoms with E-state index < -0.39 is 11.9 Å². The summed E-state index contributed by atoms with van der Waals surface area (Å²) >= 11 is 0. The molecule has 3 unspecified atom stereocenters. The predicted molar refractivity (Wildman–Crippen MR) is 96.7 cm³/mol. The summed E-state index contributed by atoms with van der Waals surface area (Å²) in [5, 5.41) is 3.98. The Kier molecular flexibility index (Phi) is 3.86. The second-order valence-corrected chi connectivity index (χ2v) is 7.58. The van der Waals surface area contributed by atoms with Crippen molar-refractivity contribution in [2.45, 2.75) is 44.8 Å². The van der Waals surface area contributed by atoms with Gasteiger partial charge in [0.05, 0.1) is 17.5 Å². The van der Waals surface area contributed by atoms with Gasteiger partial charge in [0.25, 0.3) is 5.91 Å². The first-order valence-electron chi connectivity index (χ1n) is 9.52. The third-order valence-corrected chi connectivity index (χ3v) is 5.81. The van der Waals surface area contributed by atoms with Crippen LogP contribution < -0.4 is 4.90 Å². The number of carbonyl (C=O) groups is 2. The monoisotopic (exact) mass is 382 g/mol. The quantitative estimate of drug-likeness (QED) is 0.793. The Hall–Kier alpha value is -2.96. The first kappa shape index (κ1) is 17.2. The number of hydrogen-bond donors (Lipinski definition) is 0. The van der Waals surface area contributed by atoms with Crippen molar-refractivity contribution < 1.29 is 23.2 Å². The third-order valence-electron chi connectivity index (χ3n) is 5.81. The summed E-state index contributed by atoms with van der Waals surface area (Å²) in [6.07, 6.45) is 3.23. The first-order chi connectivity index (χ1) is 13.5. The van der Waals surface area contributed by atoms with E-state index in [1.165, 1.54) is 17.0 Å². The smallest absolute Gasteiger partial charge is 0.295 e. The molecule has 28 heavy (non-hydrogen) atoms. The number of ketones is 1. The molecule has 3 heterocycles. The van der Waals surface area contributed by atoms with Crippen molar-refractivity contribution in [2.24, 2.45) is 5.92 Å². The number of halogens is 1. The molecule has 0 N–H and O–H groups in total. The van der Waals surface area contributed by atoms with Gasteiger partial charge in [-0.15, -0.1) is 0 Å². The number of amides is 1. The molecule has 1 fully saturated rings. The largest absolute Gasteiger partial charge is 0.483 e. The average molecular weight is 382 g/mol. The standard InChI is InChI=1S/C21H19FN2O4/c1-11-10-16(23-28-11)24-18(12-6-8-13(22)9-7-12)17-19(25)14-4-2-3-5-15(14)27-20(17)21(24)26/h6-10,14-15,18H,2-5H2,1H3.